The van der Waals surface area contributed by atoms with Gasteiger partial charge < -0.3 is 11.1 Å². The molecule has 3 nitrogen and oxygen atoms in total. The Morgan fingerprint density at radius 1 is 1.55 bits per heavy atom. The fourth-order valence-electron chi connectivity index (χ4n) is 1.71. The van der Waals surface area contributed by atoms with Crippen LogP contribution in [0.2, 0.25) is 5.02 Å². The minimum atomic E-state index is -0.152. The molecule has 0 unspecified atom stereocenters. The molecule has 1 heterocycles. The zero-order valence-corrected chi connectivity index (χ0v) is 13.0. The number of halogens is 1. The van der Waals surface area contributed by atoms with E-state index in [2.05, 4.69) is 11.2 Å². The van der Waals surface area contributed by atoms with E-state index in [9.17, 15) is 4.79 Å². The van der Waals surface area contributed by atoms with E-state index in [4.69, 9.17) is 23.8 Å². The van der Waals surface area contributed by atoms with Crippen molar-refractivity contribution in [2.24, 2.45) is 0 Å². The number of anilines is 1. The number of benzene rings is 1. The van der Waals surface area contributed by atoms with Crippen LogP contribution in [-0.4, -0.2) is 24.0 Å². The van der Waals surface area contributed by atoms with Crippen molar-refractivity contribution in [1.82, 2.24) is 5.32 Å². The molecule has 0 saturated heterocycles. The molecule has 0 bridgehead atoms. The van der Waals surface area contributed by atoms with Crippen LogP contribution in [0, 0.1) is 12.3 Å². The van der Waals surface area contributed by atoms with Crippen LogP contribution < -0.4 is 11.1 Å². The van der Waals surface area contributed by atoms with Gasteiger partial charge in [0.1, 0.15) is 4.88 Å². The maximum absolute atomic E-state index is 12.1. The van der Waals surface area contributed by atoms with Crippen LogP contribution in [0.25, 0.3) is 10.1 Å². The second-order valence-electron chi connectivity index (χ2n) is 4.00. The Morgan fingerprint density at radius 2 is 2.35 bits per heavy atom. The third-order valence-electron chi connectivity index (χ3n) is 2.61. The summed E-state index contributed by atoms with van der Waals surface area (Å²) in [5.41, 5.74) is 6.51. The lowest BCUT2D eigenvalue weighted by atomic mass is 10.2. The van der Waals surface area contributed by atoms with Gasteiger partial charge in [0, 0.05) is 27.4 Å². The molecular weight excluding hydrogens is 312 g/mol. The summed E-state index contributed by atoms with van der Waals surface area (Å²) in [5, 5.41) is 4.28. The van der Waals surface area contributed by atoms with Crippen molar-refractivity contribution in [3.8, 4) is 12.3 Å². The van der Waals surface area contributed by atoms with Crippen LogP contribution in [-0.2, 0) is 0 Å². The number of terminal acetylenes is 1. The lowest BCUT2D eigenvalue weighted by Gasteiger charge is -2.03. The van der Waals surface area contributed by atoms with Gasteiger partial charge in [-0.15, -0.1) is 29.5 Å². The number of nitrogen functional groups attached to an aromatic ring is 1. The number of carbonyl (C=O) groups excluding carboxylic acids is 1. The van der Waals surface area contributed by atoms with E-state index >= 15 is 0 Å². The molecule has 0 fully saturated rings. The zero-order chi connectivity index (χ0) is 14.5. The summed E-state index contributed by atoms with van der Waals surface area (Å²) >= 11 is 8.92. The molecule has 0 spiro atoms. The SMILES string of the molecule is C#CCSCCNC(=O)c1sc2ccc(Cl)cc2c1N. The summed E-state index contributed by atoms with van der Waals surface area (Å²) in [6.45, 7) is 0.569. The number of fused-ring (bicyclic) bond motifs is 1. The van der Waals surface area contributed by atoms with Crippen molar-refractivity contribution in [2.75, 3.05) is 23.8 Å². The highest BCUT2D eigenvalue weighted by molar-refractivity contribution is 7.99. The first-order chi connectivity index (χ1) is 9.63. The van der Waals surface area contributed by atoms with Crippen LogP contribution in [0.4, 0.5) is 5.69 Å². The van der Waals surface area contributed by atoms with Crippen LogP contribution in [0.15, 0.2) is 18.2 Å². The van der Waals surface area contributed by atoms with Gasteiger partial charge in [0.2, 0.25) is 0 Å². The van der Waals surface area contributed by atoms with Gasteiger partial charge in [0.05, 0.1) is 11.4 Å². The van der Waals surface area contributed by atoms with E-state index in [1.807, 2.05) is 6.07 Å². The number of amides is 1. The highest BCUT2D eigenvalue weighted by Gasteiger charge is 2.16. The Balaban J connectivity index is 2.07. The third kappa shape index (κ3) is 3.40. The second kappa shape index (κ2) is 6.89. The molecule has 0 aliphatic carbocycles. The Bertz CT molecular complexity index is 676. The van der Waals surface area contributed by atoms with E-state index in [1.54, 1.807) is 23.9 Å². The van der Waals surface area contributed by atoms with Crippen LogP contribution in [0.5, 0.6) is 0 Å². The van der Waals surface area contributed by atoms with Gasteiger partial charge in [-0.2, -0.15) is 0 Å². The molecule has 0 saturated carbocycles. The van der Waals surface area contributed by atoms with Crippen molar-refractivity contribution < 1.29 is 4.79 Å². The van der Waals surface area contributed by atoms with E-state index in [0.29, 0.717) is 27.9 Å². The average Bonchev–Trinajstić information content (AvgIpc) is 2.76. The van der Waals surface area contributed by atoms with E-state index in [1.165, 1.54) is 11.3 Å². The molecule has 2 aromatic rings. The number of hydrogen-bond acceptors (Lipinski definition) is 4. The molecule has 104 valence electrons. The summed E-state index contributed by atoms with van der Waals surface area (Å²) in [5.74, 6) is 3.82. The van der Waals surface area contributed by atoms with Gasteiger partial charge in [0.15, 0.2) is 0 Å². The number of carbonyl (C=O) groups is 1. The first-order valence-electron chi connectivity index (χ1n) is 5.90. The van der Waals surface area contributed by atoms with Crippen LogP contribution in [0.1, 0.15) is 9.67 Å². The first-order valence-corrected chi connectivity index (χ1v) is 8.25. The summed E-state index contributed by atoms with van der Waals surface area (Å²) in [4.78, 5) is 12.6. The molecule has 0 aliphatic rings. The van der Waals surface area contributed by atoms with Crippen molar-refractivity contribution in [2.45, 2.75) is 0 Å². The standard InChI is InChI=1S/C14H13ClN2OS2/c1-2-6-19-7-5-17-14(18)13-12(16)10-8-9(15)3-4-11(10)20-13/h1,3-4,8H,5-7,16H2,(H,17,18). The zero-order valence-electron chi connectivity index (χ0n) is 10.6. The molecule has 0 atom stereocenters. The Labute approximate surface area is 130 Å². The van der Waals surface area contributed by atoms with Gasteiger partial charge in [-0.1, -0.05) is 17.5 Å². The number of thiophene rings is 1. The summed E-state index contributed by atoms with van der Waals surface area (Å²) in [6, 6.07) is 5.44. The number of hydrogen-bond donors (Lipinski definition) is 2. The first kappa shape index (κ1) is 15.0. The monoisotopic (exact) mass is 324 g/mol. The predicted molar refractivity (Wildman–Crippen MR) is 89.7 cm³/mol. The molecule has 1 aromatic heterocycles. The smallest absolute Gasteiger partial charge is 0.263 e. The highest BCUT2D eigenvalue weighted by Crippen LogP contribution is 2.35. The maximum atomic E-state index is 12.1. The normalized spacial score (nSPS) is 10.4. The van der Waals surface area contributed by atoms with Crippen molar-refractivity contribution in [1.29, 1.82) is 0 Å². The molecule has 3 N–H and O–H groups in total. The Morgan fingerprint density at radius 3 is 3.10 bits per heavy atom. The maximum Gasteiger partial charge on any atom is 0.263 e. The molecule has 2 rings (SSSR count). The number of nitrogens with two attached hydrogens (primary N) is 1. The van der Waals surface area contributed by atoms with Gasteiger partial charge in [0.25, 0.3) is 5.91 Å². The fourth-order valence-corrected chi connectivity index (χ4v) is 3.41. The molecule has 0 aliphatic heterocycles. The van der Waals surface area contributed by atoms with Gasteiger partial charge in [-0.3, -0.25) is 4.79 Å². The van der Waals surface area contributed by atoms with E-state index in [0.717, 1.165) is 15.8 Å². The minimum Gasteiger partial charge on any atom is -0.397 e. The average molecular weight is 325 g/mol. The fraction of sp³-hybridized carbons (Fsp3) is 0.214. The molecule has 1 aromatic carbocycles. The van der Waals surface area contributed by atoms with Crippen molar-refractivity contribution in [3.05, 3.63) is 28.1 Å². The van der Waals surface area contributed by atoms with Crippen LogP contribution >= 0.6 is 34.7 Å². The Kier molecular flexibility index (Phi) is 5.18. The molecule has 6 heteroatoms. The van der Waals surface area contributed by atoms with Gasteiger partial charge in [-0.25, -0.2) is 0 Å². The van der Waals surface area contributed by atoms with E-state index in [-0.39, 0.29) is 5.91 Å². The van der Waals surface area contributed by atoms with E-state index < -0.39 is 0 Å². The largest absolute Gasteiger partial charge is 0.397 e. The summed E-state index contributed by atoms with van der Waals surface area (Å²) in [7, 11) is 0. The topological polar surface area (TPSA) is 55.1 Å². The lowest BCUT2D eigenvalue weighted by molar-refractivity contribution is 0.0961. The highest BCUT2D eigenvalue weighted by atomic mass is 35.5. The number of nitrogens with one attached hydrogen (secondary N) is 1. The molecule has 1 amide bonds. The summed E-state index contributed by atoms with van der Waals surface area (Å²) in [6.07, 6.45) is 5.15. The number of thioether (sulfide) groups is 1. The lowest BCUT2D eigenvalue weighted by Crippen LogP contribution is -2.25. The minimum absolute atomic E-state index is 0.152. The quantitative estimate of drug-likeness (QED) is 0.656. The van der Waals surface area contributed by atoms with Crippen LogP contribution in [0.3, 0.4) is 0 Å². The van der Waals surface area contributed by atoms with Gasteiger partial charge >= 0.3 is 0 Å². The molecule has 0 radical (unpaired) electrons. The number of rotatable bonds is 5. The Hall–Kier alpha value is -1.35. The molecule has 20 heavy (non-hydrogen) atoms. The molecular formula is C14H13ClN2OS2. The van der Waals surface area contributed by atoms with Crippen molar-refractivity contribution in [3.63, 3.8) is 0 Å². The van der Waals surface area contributed by atoms with Gasteiger partial charge in [-0.05, 0) is 18.2 Å². The summed E-state index contributed by atoms with van der Waals surface area (Å²) < 4.78 is 0.957. The second-order valence-corrected chi connectivity index (χ2v) is 6.59. The third-order valence-corrected chi connectivity index (χ3v) is 4.90. The predicted octanol–water partition coefficient (Wildman–Crippen LogP) is 3.23. The van der Waals surface area contributed by atoms with Crippen molar-refractivity contribution >= 4 is 56.4 Å².